The van der Waals surface area contributed by atoms with Crippen LogP contribution >= 0.6 is 0 Å². The van der Waals surface area contributed by atoms with Gasteiger partial charge in [-0.25, -0.2) is 0 Å². The van der Waals surface area contributed by atoms with Crippen LogP contribution in [0.25, 0.3) is 0 Å². The van der Waals surface area contributed by atoms with Crippen molar-refractivity contribution in [1.82, 2.24) is 4.72 Å². The second-order valence-electron chi connectivity index (χ2n) is 13.0. The zero-order chi connectivity index (χ0) is 26.0. The average molecular weight is 506 g/mol. The molecule has 1 fully saturated rings. The number of carbonyl (C=O) groups excluding carboxylic acids is 1. The van der Waals surface area contributed by atoms with E-state index in [0.717, 1.165) is 0 Å². The molecule has 0 aromatic carbocycles. The van der Waals surface area contributed by atoms with Crippen molar-refractivity contribution >= 4 is 32.8 Å². The van der Waals surface area contributed by atoms with Crippen LogP contribution in [0.15, 0.2) is 0 Å². The lowest BCUT2D eigenvalue weighted by molar-refractivity contribution is -0.156. The molecule has 0 saturated carbocycles. The fraction of sp³-hybridized carbons (Fsp3) is 0.957. The van der Waals surface area contributed by atoms with E-state index in [-0.39, 0.29) is 24.4 Å². The summed E-state index contributed by atoms with van der Waals surface area (Å²) >= 11 is -1.30. The van der Waals surface area contributed by atoms with Crippen LogP contribution in [0.3, 0.4) is 0 Å². The molecule has 0 aromatic rings. The summed E-state index contributed by atoms with van der Waals surface area (Å²) < 4.78 is 40.2. The van der Waals surface area contributed by atoms with Crippen molar-refractivity contribution in [2.75, 3.05) is 0 Å². The predicted octanol–water partition coefficient (Wildman–Crippen LogP) is 4.77. The summed E-state index contributed by atoms with van der Waals surface area (Å²) in [5.74, 6) is -0.596. The van der Waals surface area contributed by atoms with Crippen LogP contribution in [0.1, 0.15) is 88.5 Å². The molecule has 1 rings (SSSR count). The monoisotopic (exact) mass is 505 g/mol. The number of ether oxygens (including phenoxy) is 1. The molecule has 1 heterocycles. The standard InChI is InChI=1S/C23H48BNO6SSi/c1-20(2,3)28-19(26)16-17(29-33(11,12)13)14-15-18(25-32(27)21(4,5)6)24-30-22(7,8)23(9,10)31-24/h17-18,25H,14-16H2,1-13H3/t17-,18?,32?/m0/s1. The summed E-state index contributed by atoms with van der Waals surface area (Å²) in [6, 6.07) is 0. The lowest BCUT2D eigenvalue weighted by Gasteiger charge is -2.32. The molecule has 194 valence electrons. The van der Waals surface area contributed by atoms with Gasteiger partial charge in [0.15, 0.2) is 8.32 Å². The molecule has 0 aliphatic carbocycles. The molecule has 33 heavy (non-hydrogen) atoms. The van der Waals surface area contributed by atoms with Crippen molar-refractivity contribution in [2.24, 2.45) is 0 Å². The van der Waals surface area contributed by atoms with E-state index in [1.54, 1.807) is 0 Å². The SMILES string of the molecule is CC(C)(C)OC(=O)C[C@H](CCC(N[S+]([O-])C(C)(C)C)B1OC(C)(C)C(C)(C)O1)O[Si](C)(C)C. The van der Waals surface area contributed by atoms with E-state index in [1.807, 2.05) is 69.2 Å². The molecular formula is C23H48BNO6SSi. The first kappa shape index (κ1) is 30.9. The first-order valence-corrected chi connectivity index (χ1v) is 16.5. The number of esters is 1. The van der Waals surface area contributed by atoms with Crippen LogP contribution in [0.5, 0.6) is 0 Å². The Morgan fingerprint density at radius 1 is 1.03 bits per heavy atom. The van der Waals surface area contributed by atoms with Gasteiger partial charge in [0.1, 0.15) is 10.3 Å². The summed E-state index contributed by atoms with van der Waals surface area (Å²) in [6.07, 6.45) is 1.06. The largest absolute Gasteiger partial charge is 0.598 e. The van der Waals surface area contributed by atoms with Crippen LogP contribution in [0, 0.1) is 0 Å². The van der Waals surface area contributed by atoms with Gasteiger partial charge in [-0.05, 0) is 102 Å². The smallest absolute Gasteiger partial charge is 0.480 e. The number of hydrogen-bond acceptors (Lipinski definition) is 7. The molecule has 7 nitrogen and oxygen atoms in total. The fourth-order valence-corrected chi connectivity index (χ4v) is 5.31. The van der Waals surface area contributed by atoms with Gasteiger partial charge >= 0.3 is 13.1 Å². The third-order valence-electron chi connectivity index (χ3n) is 5.55. The Labute approximate surface area is 207 Å². The number of rotatable bonds is 10. The molecule has 0 amide bonds. The molecule has 3 atom stereocenters. The Morgan fingerprint density at radius 3 is 1.91 bits per heavy atom. The third kappa shape index (κ3) is 10.6. The highest BCUT2D eigenvalue weighted by molar-refractivity contribution is 7.90. The number of carbonyl (C=O) groups is 1. The lowest BCUT2D eigenvalue weighted by Crippen LogP contribution is -2.52. The van der Waals surface area contributed by atoms with Gasteiger partial charge in [0, 0.05) is 11.4 Å². The maximum atomic E-state index is 13.0. The number of hydrogen-bond donors (Lipinski definition) is 1. The van der Waals surface area contributed by atoms with Crippen LogP contribution in [-0.4, -0.2) is 59.6 Å². The van der Waals surface area contributed by atoms with Gasteiger partial charge in [0.2, 0.25) is 0 Å². The predicted molar refractivity (Wildman–Crippen MR) is 139 cm³/mol. The molecule has 1 aliphatic rings. The highest BCUT2D eigenvalue weighted by atomic mass is 32.2. The minimum absolute atomic E-state index is 0.181. The Kier molecular flexibility index (Phi) is 10.2. The summed E-state index contributed by atoms with van der Waals surface area (Å²) in [5.41, 5.74) is -1.53. The summed E-state index contributed by atoms with van der Waals surface area (Å²) in [4.78, 5) is 12.5. The number of nitrogens with one attached hydrogen (secondary N) is 1. The zero-order valence-corrected chi connectivity index (χ0v) is 25.0. The zero-order valence-electron chi connectivity index (χ0n) is 23.2. The van der Waals surface area contributed by atoms with E-state index < -0.39 is 48.3 Å². The molecular weight excluding hydrogens is 457 g/mol. The molecule has 0 bridgehead atoms. The molecule has 0 aromatic heterocycles. The molecule has 0 spiro atoms. The van der Waals surface area contributed by atoms with Gasteiger partial charge in [0.25, 0.3) is 0 Å². The van der Waals surface area contributed by atoms with E-state index in [2.05, 4.69) is 24.4 Å². The quantitative estimate of drug-likeness (QED) is 0.260. The van der Waals surface area contributed by atoms with Crippen molar-refractivity contribution in [3.05, 3.63) is 0 Å². The highest BCUT2D eigenvalue weighted by Crippen LogP contribution is 2.38. The molecule has 0 radical (unpaired) electrons. The minimum Gasteiger partial charge on any atom is -0.598 e. The molecule has 1 N–H and O–H groups in total. The summed E-state index contributed by atoms with van der Waals surface area (Å²) in [6.45, 7) is 25.7. The summed E-state index contributed by atoms with van der Waals surface area (Å²) in [5, 5.41) is 0. The van der Waals surface area contributed by atoms with Gasteiger partial charge in [-0.3, -0.25) is 4.79 Å². The Hall–Kier alpha value is -0.0982. The maximum Gasteiger partial charge on any atom is 0.480 e. The normalized spacial score (nSPS) is 21.6. The second-order valence-corrected chi connectivity index (χ2v) is 19.4. The first-order valence-electron chi connectivity index (χ1n) is 12.0. The average Bonchev–Trinajstić information content (AvgIpc) is 2.74. The van der Waals surface area contributed by atoms with Gasteiger partial charge in [-0.2, -0.15) is 0 Å². The van der Waals surface area contributed by atoms with E-state index in [1.165, 1.54) is 0 Å². The minimum atomic E-state index is -1.91. The molecule has 2 unspecified atom stereocenters. The molecule has 1 saturated heterocycles. The van der Waals surface area contributed by atoms with Gasteiger partial charge < -0.3 is 23.0 Å². The van der Waals surface area contributed by atoms with Crippen LogP contribution in [0.4, 0.5) is 0 Å². The van der Waals surface area contributed by atoms with Gasteiger partial charge in [0.05, 0.1) is 29.7 Å². The van der Waals surface area contributed by atoms with Crippen LogP contribution in [0.2, 0.25) is 19.6 Å². The van der Waals surface area contributed by atoms with Crippen molar-refractivity contribution in [3.8, 4) is 0 Å². The molecule has 10 heteroatoms. The van der Waals surface area contributed by atoms with E-state index >= 15 is 0 Å². The van der Waals surface area contributed by atoms with Gasteiger partial charge in [-0.1, -0.05) is 0 Å². The van der Waals surface area contributed by atoms with Crippen LogP contribution in [-0.2, 0) is 34.6 Å². The van der Waals surface area contributed by atoms with Crippen LogP contribution < -0.4 is 4.72 Å². The maximum absolute atomic E-state index is 13.0. The second kappa shape index (κ2) is 10.9. The van der Waals surface area contributed by atoms with Crippen molar-refractivity contribution in [2.45, 2.75) is 142 Å². The molecule has 1 aliphatic heterocycles. The third-order valence-corrected chi connectivity index (χ3v) is 8.22. The highest BCUT2D eigenvalue weighted by Gasteiger charge is 2.55. The summed E-state index contributed by atoms with van der Waals surface area (Å²) in [7, 11) is -2.47. The van der Waals surface area contributed by atoms with Gasteiger partial charge in [-0.15, -0.1) is 4.72 Å². The fourth-order valence-electron chi connectivity index (χ4n) is 3.25. The Balaban J connectivity index is 3.03. The Bertz CT molecular complexity index is 641. The Morgan fingerprint density at radius 2 is 1.52 bits per heavy atom. The van der Waals surface area contributed by atoms with E-state index in [0.29, 0.717) is 12.8 Å². The van der Waals surface area contributed by atoms with Crippen molar-refractivity contribution in [3.63, 3.8) is 0 Å². The van der Waals surface area contributed by atoms with E-state index in [9.17, 15) is 9.35 Å². The van der Waals surface area contributed by atoms with Crippen molar-refractivity contribution in [1.29, 1.82) is 0 Å². The topological polar surface area (TPSA) is 89.1 Å². The first-order chi connectivity index (χ1) is 14.5. The van der Waals surface area contributed by atoms with Crippen molar-refractivity contribution < 1.29 is 27.8 Å². The van der Waals surface area contributed by atoms with E-state index in [4.69, 9.17) is 18.5 Å². The lowest BCUT2D eigenvalue weighted by atomic mass is 9.76.